The standard InChI is InChI=1S/C24H27N3O4S2/c1-4-25-20(28)15-32-24-26-21(16-10-8-7-9-11-16)23(33-24)27-22(29)17-12-13-18(30-5-2)19(14-17)31-6-3/h7-14H,4-6,15H2,1-3H3,(H,25,28)(H,27,29). The molecule has 3 aromatic rings. The molecule has 0 saturated heterocycles. The number of carbonyl (C=O) groups is 2. The molecule has 0 fully saturated rings. The first-order valence-corrected chi connectivity index (χ1v) is 12.5. The molecule has 2 aromatic carbocycles. The Labute approximate surface area is 201 Å². The lowest BCUT2D eigenvalue weighted by Crippen LogP contribution is -2.24. The highest BCUT2D eigenvalue weighted by atomic mass is 32.2. The van der Waals surface area contributed by atoms with Crippen LogP contribution in [0.5, 0.6) is 11.5 Å². The summed E-state index contributed by atoms with van der Waals surface area (Å²) in [6, 6.07) is 14.8. The highest BCUT2D eigenvalue weighted by molar-refractivity contribution is 8.01. The third kappa shape index (κ3) is 6.72. The van der Waals surface area contributed by atoms with Crippen LogP contribution in [0.2, 0.25) is 0 Å². The van der Waals surface area contributed by atoms with Gasteiger partial charge in [0.1, 0.15) is 10.7 Å². The maximum Gasteiger partial charge on any atom is 0.256 e. The SMILES string of the molecule is CCNC(=O)CSc1nc(-c2ccccc2)c(NC(=O)c2ccc(OCC)c(OCC)c2)s1. The van der Waals surface area contributed by atoms with Crippen molar-refractivity contribution in [3.63, 3.8) is 0 Å². The van der Waals surface area contributed by atoms with Crippen LogP contribution in [0.15, 0.2) is 52.9 Å². The molecule has 33 heavy (non-hydrogen) atoms. The minimum absolute atomic E-state index is 0.0533. The maximum atomic E-state index is 13.1. The number of nitrogens with zero attached hydrogens (tertiary/aromatic N) is 1. The number of benzene rings is 2. The molecule has 0 aliphatic carbocycles. The zero-order valence-corrected chi connectivity index (χ0v) is 20.5. The molecule has 1 heterocycles. The van der Waals surface area contributed by atoms with Gasteiger partial charge in [-0.05, 0) is 39.0 Å². The Morgan fingerprint density at radius 2 is 1.73 bits per heavy atom. The van der Waals surface area contributed by atoms with Crippen LogP contribution in [0.4, 0.5) is 5.00 Å². The summed E-state index contributed by atoms with van der Waals surface area (Å²) in [6.07, 6.45) is 0. The number of hydrogen-bond acceptors (Lipinski definition) is 7. The molecule has 0 atom stereocenters. The van der Waals surface area contributed by atoms with Crippen LogP contribution < -0.4 is 20.1 Å². The van der Waals surface area contributed by atoms with Gasteiger partial charge in [-0.25, -0.2) is 4.98 Å². The summed E-state index contributed by atoms with van der Waals surface area (Å²) in [5.74, 6) is 1.06. The number of ether oxygens (including phenoxy) is 2. The van der Waals surface area contributed by atoms with E-state index >= 15 is 0 Å². The van der Waals surface area contributed by atoms with Crippen molar-refractivity contribution >= 4 is 39.9 Å². The Morgan fingerprint density at radius 1 is 1.00 bits per heavy atom. The summed E-state index contributed by atoms with van der Waals surface area (Å²) < 4.78 is 11.9. The molecule has 9 heteroatoms. The molecule has 174 valence electrons. The lowest BCUT2D eigenvalue weighted by Gasteiger charge is -2.12. The molecule has 3 rings (SSSR count). The van der Waals surface area contributed by atoms with Gasteiger partial charge in [-0.2, -0.15) is 0 Å². The normalized spacial score (nSPS) is 10.5. The van der Waals surface area contributed by atoms with Crippen LogP contribution in [0, 0.1) is 0 Å². The van der Waals surface area contributed by atoms with E-state index in [4.69, 9.17) is 9.47 Å². The van der Waals surface area contributed by atoms with Gasteiger partial charge in [-0.3, -0.25) is 9.59 Å². The molecule has 0 unspecified atom stereocenters. The number of hydrogen-bond donors (Lipinski definition) is 2. The van der Waals surface area contributed by atoms with Crippen molar-refractivity contribution in [1.82, 2.24) is 10.3 Å². The second kappa shape index (κ2) is 12.3. The summed E-state index contributed by atoms with van der Waals surface area (Å²) in [6.45, 7) is 7.21. The molecule has 2 N–H and O–H groups in total. The fourth-order valence-electron chi connectivity index (χ4n) is 2.98. The number of aromatic nitrogens is 1. The largest absolute Gasteiger partial charge is 0.490 e. The number of carbonyl (C=O) groups excluding carboxylic acids is 2. The molecule has 0 bridgehead atoms. The van der Waals surface area contributed by atoms with E-state index in [2.05, 4.69) is 15.6 Å². The van der Waals surface area contributed by atoms with Gasteiger partial charge in [0.25, 0.3) is 5.91 Å². The predicted molar refractivity (Wildman–Crippen MR) is 134 cm³/mol. The molecule has 1 aromatic heterocycles. The van der Waals surface area contributed by atoms with Crippen LogP contribution >= 0.6 is 23.1 Å². The van der Waals surface area contributed by atoms with E-state index in [1.807, 2.05) is 51.1 Å². The zero-order chi connectivity index (χ0) is 23.6. The molecule has 0 radical (unpaired) electrons. The number of thioether (sulfide) groups is 1. The molecule has 0 aliphatic rings. The third-order valence-corrected chi connectivity index (χ3v) is 6.50. The maximum absolute atomic E-state index is 13.1. The van der Waals surface area contributed by atoms with Crippen LogP contribution in [0.3, 0.4) is 0 Å². The van der Waals surface area contributed by atoms with Crippen LogP contribution in [0.1, 0.15) is 31.1 Å². The Balaban J connectivity index is 1.86. The molecule has 0 saturated carbocycles. The molecule has 2 amide bonds. The van der Waals surface area contributed by atoms with Crippen LogP contribution in [0.25, 0.3) is 11.3 Å². The fourth-order valence-corrected chi connectivity index (χ4v) is 4.87. The predicted octanol–water partition coefficient (Wildman–Crippen LogP) is 5.09. The highest BCUT2D eigenvalue weighted by Crippen LogP contribution is 2.38. The summed E-state index contributed by atoms with van der Waals surface area (Å²) in [5.41, 5.74) is 2.00. The van der Waals surface area contributed by atoms with Gasteiger partial charge >= 0.3 is 0 Å². The van der Waals surface area contributed by atoms with E-state index in [1.54, 1.807) is 18.2 Å². The van der Waals surface area contributed by atoms with E-state index in [9.17, 15) is 9.59 Å². The van der Waals surface area contributed by atoms with Gasteiger partial charge < -0.3 is 20.1 Å². The van der Waals surface area contributed by atoms with Crippen molar-refractivity contribution in [3.8, 4) is 22.8 Å². The smallest absolute Gasteiger partial charge is 0.256 e. The summed E-state index contributed by atoms with van der Waals surface area (Å²) in [4.78, 5) is 29.6. The Kier molecular flexibility index (Phi) is 9.14. The van der Waals surface area contributed by atoms with E-state index in [0.717, 1.165) is 5.56 Å². The number of thiazole rings is 1. The fraction of sp³-hybridized carbons (Fsp3) is 0.292. The number of rotatable bonds is 11. The van der Waals surface area contributed by atoms with Gasteiger partial charge in [-0.1, -0.05) is 53.4 Å². The molecule has 0 aliphatic heterocycles. The Bertz CT molecular complexity index is 1090. The number of nitrogens with one attached hydrogen (secondary N) is 2. The van der Waals surface area contributed by atoms with Crippen molar-refractivity contribution in [1.29, 1.82) is 0 Å². The second-order valence-electron chi connectivity index (χ2n) is 6.75. The summed E-state index contributed by atoms with van der Waals surface area (Å²) >= 11 is 2.69. The topological polar surface area (TPSA) is 89.6 Å². The quantitative estimate of drug-likeness (QED) is 0.368. The lowest BCUT2D eigenvalue weighted by atomic mass is 10.1. The van der Waals surface area contributed by atoms with Crippen LogP contribution in [-0.2, 0) is 4.79 Å². The van der Waals surface area contributed by atoms with Gasteiger partial charge in [-0.15, -0.1) is 0 Å². The monoisotopic (exact) mass is 485 g/mol. The number of anilines is 1. The van der Waals surface area contributed by atoms with Gasteiger partial charge in [0.2, 0.25) is 5.91 Å². The lowest BCUT2D eigenvalue weighted by molar-refractivity contribution is -0.118. The van der Waals surface area contributed by atoms with E-state index in [-0.39, 0.29) is 17.6 Å². The van der Waals surface area contributed by atoms with Crippen molar-refractivity contribution < 1.29 is 19.1 Å². The highest BCUT2D eigenvalue weighted by Gasteiger charge is 2.18. The minimum atomic E-state index is -0.278. The molecular formula is C24H27N3O4S2. The molecular weight excluding hydrogens is 458 g/mol. The zero-order valence-electron chi connectivity index (χ0n) is 18.8. The first-order chi connectivity index (χ1) is 16.0. The van der Waals surface area contributed by atoms with Gasteiger partial charge in [0.15, 0.2) is 15.8 Å². The van der Waals surface area contributed by atoms with Crippen molar-refractivity contribution in [2.24, 2.45) is 0 Å². The van der Waals surface area contributed by atoms with Crippen molar-refractivity contribution in [2.45, 2.75) is 25.1 Å². The third-order valence-electron chi connectivity index (χ3n) is 4.39. The average Bonchev–Trinajstić information content (AvgIpc) is 3.22. The minimum Gasteiger partial charge on any atom is -0.490 e. The van der Waals surface area contributed by atoms with E-state index < -0.39 is 0 Å². The second-order valence-corrected chi connectivity index (χ2v) is 8.97. The van der Waals surface area contributed by atoms with Crippen molar-refractivity contribution in [2.75, 3.05) is 30.8 Å². The Morgan fingerprint density at radius 3 is 2.42 bits per heavy atom. The molecule has 7 nitrogen and oxygen atoms in total. The molecule has 0 spiro atoms. The summed E-state index contributed by atoms with van der Waals surface area (Å²) in [7, 11) is 0. The van der Waals surface area contributed by atoms with Crippen LogP contribution in [-0.4, -0.2) is 42.3 Å². The van der Waals surface area contributed by atoms with E-state index in [0.29, 0.717) is 51.9 Å². The van der Waals surface area contributed by atoms with Gasteiger partial charge in [0, 0.05) is 17.7 Å². The summed E-state index contributed by atoms with van der Waals surface area (Å²) in [5, 5.41) is 6.38. The Hall–Kier alpha value is -3.04. The first-order valence-electron chi connectivity index (χ1n) is 10.7. The number of amides is 2. The average molecular weight is 486 g/mol. The van der Waals surface area contributed by atoms with Gasteiger partial charge in [0.05, 0.1) is 19.0 Å². The first kappa shape index (κ1) is 24.6. The van der Waals surface area contributed by atoms with E-state index in [1.165, 1.54) is 23.1 Å². The van der Waals surface area contributed by atoms with Crippen molar-refractivity contribution in [3.05, 3.63) is 54.1 Å².